The first-order valence-corrected chi connectivity index (χ1v) is 11.4. The number of nitrogens with one attached hydrogen (secondary N) is 1. The van der Waals surface area contributed by atoms with E-state index in [0.29, 0.717) is 11.5 Å². The van der Waals surface area contributed by atoms with Crippen LogP contribution < -0.4 is 5.56 Å². The smallest absolute Gasteiger partial charge is 0.251 e. The molecule has 0 amide bonds. The van der Waals surface area contributed by atoms with Crippen LogP contribution in [0.2, 0.25) is 0 Å². The molecular weight excluding hydrogens is 396 g/mol. The van der Waals surface area contributed by atoms with Crippen LogP contribution in [0.1, 0.15) is 43.4 Å². The van der Waals surface area contributed by atoms with E-state index >= 15 is 0 Å². The number of hydrogen-bond acceptors (Lipinski definition) is 7. The van der Waals surface area contributed by atoms with Crippen molar-refractivity contribution in [1.82, 2.24) is 29.8 Å². The Morgan fingerprint density at radius 3 is 2.67 bits per heavy atom. The van der Waals surface area contributed by atoms with Gasteiger partial charge in [0.1, 0.15) is 5.69 Å². The van der Waals surface area contributed by atoms with E-state index in [9.17, 15) is 4.79 Å². The molecule has 3 aromatic rings. The summed E-state index contributed by atoms with van der Waals surface area (Å²) in [5, 5.41) is 0.850. The van der Waals surface area contributed by atoms with Crippen LogP contribution in [0.4, 0.5) is 0 Å². The van der Waals surface area contributed by atoms with Crippen LogP contribution >= 0.6 is 11.8 Å². The molecule has 0 radical (unpaired) electrons. The number of H-pyrrole nitrogens is 1. The van der Waals surface area contributed by atoms with E-state index in [-0.39, 0.29) is 11.5 Å². The van der Waals surface area contributed by atoms with Crippen molar-refractivity contribution < 1.29 is 0 Å². The van der Waals surface area contributed by atoms with Gasteiger partial charge in [-0.15, -0.1) is 0 Å². The lowest BCUT2D eigenvalue weighted by atomic mass is 9.93. The van der Waals surface area contributed by atoms with Crippen LogP contribution in [-0.4, -0.2) is 48.7 Å². The van der Waals surface area contributed by atoms with Gasteiger partial charge in [-0.05, 0) is 44.5 Å². The molecule has 0 aromatic carbocycles. The first kappa shape index (κ1) is 20.7. The standard InChI is InChI=1S/C22H26N6OS/c1-2-11-30-22-24-13-16(14-25-22)15-28-9-6-17(7-10-28)19-12-20(29)27-21(26-19)18-5-3-4-8-23-18/h3-5,8,12-14,17H,2,6-7,9-11,15H2,1H3,(H,26,27,29). The fourth-order valence-corrected chi connectivity index (χ4v) is 4.29. The zero-order valence-electron chi connectivity index (χ0n) is 17.1. The number of hydrogen-bond donors (Lipinski definition) is 1. The van der Waals surface area contributed by atoms with Crippen LogP contribution in [-0.2, 0) is 6.54 Å². The molecule has 30 heavy (non-hydrogen) atoms. The molecule has 1 N–H and O–H groups in total. The number of piperidine rings is 1. The molecule has 4 heterocycles. The Morgan fingerprint density at radius 2 is 1.97 bits per heavy atom. The van der Waals surface area contributed by atoms with Gasteiger partial charge in [0.25, 0.3) is 5.56 Å². The van der Waals surface area contributed by atoms with Gasteiger partial charge in [0.2, 0.25) is 0 Å². The molecule has 7 nitrogen and oxygen atoms in total. The molecule has 0 aliphatic carbocycles. The molecule has 1 aliphatic rings. The van der Waals surface area contributed by atoms with Crippen molar-refractivity contribution in [3.8, 4) is 11.5 Å². The van der Waals surface area contributed by atoms with Crippen LogP contribution in [0.25, 0.3) is 11.5 Å². The zero-order valence-corrected chi connectivity index (χ0v) is 17.9. The fraction of sp³-hybridized carbons (Fsp3) is 0.409. The number of aromatic nitrogens is 5. The highest BCUT2D eigenvalue weighted by Gasteiger charge is 2.23. The van der Waals surface area contributed by atoms with Gasteiger partial charge in [-0.2, -0.15) is 0 Å². The van der Waals surface area contributed by atoms with Gasteiger partial charge in [0.05, 0.1) is 5.69 Å². The summed E-state index contributed by atoms with van der Waals surface area (Å²) in [5.41, 5.74) is 2.57. The van der Waals surface area contributed by atoms with E-state index in [1.165, 1.54) is 0 Å². The maximum absolute atomic E-state index is 12.2. The second-order valence-electron chi connectivity index (χ2n) is 7.51. The molecule has 0 unspecified atom stereocenters. The zero-order chi connectivity index (χ0) is 20.8. The Morgan fingerprint density at radius 1 is 1.17 bits per heavy atom. The highest BCUT2D eigenvalue weighted by atomic mass is 32.2. The van der Waals surface area contributed by atoms with E-state index in [1.54, 1.807) is 24.0 Å². The molecule has 4 rings (SSSR count). The third-order valence-corrected chi connectivity index (χ3v) is 6.28. The first-order chi connectivity index (χ1) is 14.7. The minimum Gasteiger partial charge on any atom is -0.305 e. The van der Waals surface area contributed by atoms with Crippen molar-refractivity contribution in [2.75, 3.05) is 18.8 Å². The lowest BCUT2D eigenvalue weighted by molar-refractivity contribution is 0.202. The van der Waals surface area contributed by atoms with Crippen molar-refractivity contribution in [2.45, 2.75) is 43.8 Å². The number of aromatic amines is 1. The minimum absolute atomic E-state index is 0.124. The number of thioether (sulfide) groups is 1. The third kappa shape index (κ3) is 5.31. The summed E-state index contributed by atoms with van der Waals surface area (Å²) in [6.45, 7) is 4.94. The molecule has 0 spiro atoms. The highest BCUT2D eigenvalue weighted by Crippen LogP contribution is 2.27. The molecular formula is C22H26N6OS. The molecule has 0 saturated carbocycles. The quantitative estimate of drug-likeness (QED) is 0.460. The number of pyridine rings is 1. The monoisotopic (exact) mass is 422 g/mol. The largest absolute Gasteiger partial charge is 0.305 e. The Hall–Kier alpha value is -2.58. The Balaban J connectivity index is 1.37. The lowest BCUT2D eigenvalue weighted by Crippen LogP contribution is -2.33. The molecule has 0 atom stereocenters. The summed E-state index contributed by atoms with van der Waals surface area (Å²) in [6.07, 6.45) is 8.66. The summed E-state index contributed by atoms with van der Waals surface area (Å²) in [6, 6.07) is 7.24. The first-order valence-electron chi connectivity index (χ1n) is 10.4. The molecule has 156 valence electrons. The van der Waals surface area contributed by atoms with E-state index in [1.807, 2.05) is 30.6 Å². The van der Waals surface area contributed by atoms with Gasteiger partial charge in [-0.25, -0.2) is 15.0 Å². The van der Waals surface area contributed by atoms with E-state index in [2.05, 4.69) is 31.8 Å². The maximum atomic E-state index is 12.2. The number of likely N-dealkylation sites (tertiary alicyclic amines) is 1. The average molecular weight is 423 g/mol. The second kappa shape index (κ2) is 9.95. The predicted molar refractivity (Wildman–Crippen MR) is 118 cm³/mol. The van der Waals surface area contributed by atoms with E-state index in [4.69, 9.17) is 4.98 Å². The number of rotatable bonds is 7. The fourth-order valence-electron chi connectivity index (χ4n) is 3.65. The van der Waals surface area contributed by atoms with Gasteiger partial charge in [0.15, 0.2) is 11.0 Å². The molecule has 0 bridgehead atoms. The summed E-state index contributed by atoms with van der Waals surface area (Å²) in [5.74, 6) is 1.87. The van der Waals surface area contributed by atoms with Crippen molar-refractivity contribution >= 4 is 11.8 Å². The van der Waals surface area contributed by atoms with Gasteiger partial charge < -0.3 is 4.98 Å². The molecule has 1 saturated heterocycles. The Labute approximate surface area is 180 Å². The highest BCUT2D eigenvalue weighted by molar-refractivity contribution is 7.99. The summed E-state index contributed by atoms with van der Waals surface area (Å²) in [4.78, 5) is 35.3. The summed E-state index contributed by atoms with van der Waals surface area (Å²) in [7, 11) is 0. The second-order valence-corrected chi connectivity index (χ2v) is 8.57. The van der Waals surface area contributed by atoms with Crippen LogP contribution in [0.15, 0.2) is 52.8 Å². The van der Waals surface area contributed by atoms with Gasteiger partial charge in [0, 0.05) is 48.4 Å². The van der Waals surface area contributed by atoms with Gasteiger partial charge >= 0.3 is 0 Å². The summed E-state index contributed by atoms with van der Waals surface area (Å²) >= 11 is 1.70. The van der Waals surface area contributed by atoms with Crippen molar-refractivity contribution in [2.24, 2.45) is 0 Å². The van der Waals surface area contributed by atoms with Crippen LogP contribution in [0, 0.1) is 0 Å². The van der Waals surface area contributed by atoms with E-state index in [0.717, 1.165) is 61.1 Å². The Kier molecular flexibility index (Phi) is 6.86. The van der Waals surface area contributed by atoms with Crippen molar-refractivity contribution in [3.05, 3.63) is 64.5 Å². The minimum atomic E-state index is -0.124. The molecule has 8 heteroatoms. The predicted octanol–water partition coefficient (Wildman–Crippen LogP) is 3.50. The normalized spacial score (nSPS) is 15.4. The lowest BCUT2D eigenvalue weighted by Gasteiger charge is -2.31. The Bertz CT molecular complexity index is 1000. The van der Waals surface area contributed by atoms with Crippen LogP contribution in [0.5, 0.6) is 0 Å². The molecule has 1 aliphatic heterocycles. The van der Waals surface area contributed by atoms with Crippen molar-refractivity contribution in [3.63, 3.8) is 0 Å². The van der Waals surface area contributed by atoms with Gasteiger partial charge in [-0.3, -0.25) is 14.7 Å². The average Bonchev–Trinajstić information content (AvgIpc) is 2.79. The molecule has 3 aromatic heterocycles. The maximum Gasteiger partial charge on any atom is 0.251 e. The number of nitrogens with zero attached hydrogens (tertiary/aromatic N) is 5. The topological polar surface area (TPSA) is 87.7 Å². The van der Waals surface area contributed by atoms with Crippen LogP contribution in [0.3, 0.4) is 0 Å². The molecule has 1 fully saturated rings. The van der Waals surface area contributed by atoms with E-state index < -0.39 is 0 Å². The van der Waals surface area contributed by atoms with Crippen molar-refractivity contribution in [1.29, 1.82) is 0 Å². The summed E-state index contributed by atoms with van der Waals surface area (Å²) < 4.78 is 0. The SMILES string of the molecule is CCCSc1ncc(CN2CCC(c3cc(=O)[nH]c(-c4ccccn4)n3)CC2)cn1. The van der Waals surface area contributed by atoms with Gasteiger partial charge in [-0.1, -0.05) is 24.8 Å². The third-order valence-electron chi connectivity index (χ3n) is 5.20.